The highest BCUT2D eigenvalue weighted by Crippen LogP contribution is 2.44. The number of anilines is 2. The van der Waals surface area contributed by atoms with Crippen molar-refractivity contribution in [1.82, 2.24) is 5.32 Å². The number of amides is 3. The van der Waals surface area contributed by atoms with E-state index in [4.69, 9.17) is 0 Å². The van der Waals surface area contributed by atoms with Gasteiger partial charge in [-0.3, -0.25) is 14.4 Å². The Morgan fingerprint density at radius 2 is 1.93 bits per heavy atom. The van der Waals surface area contributed by atoms with Crippen LogP contribution in [0.4, 0.5) is 15.8 Å². The van der Waals surface area contributed by atoms with E-state index in [0.29, 0.717) is 12.1 Å². The van der Waals surface area contributed by atoms with Crippen molar-refractivity contribution in [3.63, 3.8) is 0 Å². The molecule has 0 aliphatic carbocycles. The molecule has 4 rings (SSSR count). The summed E-state index contributed by atoms with van der Waals surface area (Å²) >= 11 is 0. The van der Waals surface area contributed by atoms with Gasteiger partial charge in [-0.25, -0.2) is 4.39 Å². The van der Waals surface area contributed by atoms with Gasteiger partial charge in [0.1, 0.15) is 5.82 Å². The summed E-state index contributed by atoms with van der Waals surface area (Å²) in [7, 11) is 0. The molecule has 0 aromatic heterocycles. The summed E-state index contributed by atoms with van der Waals surface area (Å²) in [5.74, 6) is -1.95. The number of halogens is 1. The van der Waals surface area contributed by atoms with Crippen molar-refractivity contribution in [2.24, 2.45) is 0 Å². The van der Waals surface area contributed by atoms with Crippen LogP contribution in [0.15, 0.2) is 36.4 Å². The number of hydrogen-bond acceptors (Lipinski definition) is 3. The molecule has 2 aromatic carbocycles. The lowest BCUT2D eigenvalue weighted by atomic mass is 9.96. The molecular formula is C22H22FN3O3. The van der Waals surface area contributed by atoms with Crippen molar-refractivity contribution in [3.8, 4) is 0 Å². The molecule has 0 saturated heterocycles. The molecule has 7 heteroatoms. The Hall–Kier alpha value is -3.22. The molecule has 0 radical (unpaired) electrons. The molecule has 2 heterocycles. The fourth-order valence-electron chi connectivity index (χ4n) is 4.01. The van der Waals surface area contributed by atoms with E-state index < -0.39 is 11.8 Å². The highest BCUT2D eigenvalue weighted by Gasteiger charge is 2.38. The monoisotopic (exact) mass is 395 g/mol. The molecule has 0 fully saturated rings. The zero-order valence-corrected chi connectivity index (χ0v) is 16.1. The third kappa shape index (κ3) is 3.72. The lowest BCUT2D eigenvalue weighted by Crippen LogP contribution is -2.36. The van der Waals surface area contributed by atoms with Gasteiger partial charge >= 0.3 is 11.8 Å². The normalized spacial score (nSPS) is 17.1. The molecule has 2 N–H and O–H groups in total. The fourth-order valence-corrected chi connectivity index (χ4v) is 4.01. The maximum absolute atomic E-state index is 12.9. The summed E-state index contributed by atoms with van der Waals surface area (Å²) in [5.41, 5.74) is 4.29. The second-order valence-electron chi connectivity index (χ2n) is 7.47. The average molecular weight is 395 g/mol. The minimum Gasteiger partial charge on any atom is -0.347 e. The highest BCUT2D eigenvalue weighted by molar-refractivity contribution is 6.39. The maximum atomic E-state index is 12.9. The van der Waals surface area contributed by atoms with Crippen LogP contribution in [-0.2, 0) is 27.2 Å². The van der Waals surface area contributed by atoms with Crippen LogP contribution in [0.3, 0.4) is 0 Å². The van der Waals surface area contributed by atoms with E-state index >= 15 is 0 Å². The van der Waals surface area contributed by atoms with Gasteiger partial charge in [-0.05, 0) is 67.1 Å². The molecule has 0 bridgehead atoms. The first-order chi connectivity index (χ1) is 13.9. The minimum absolute atomic E-state index is 0.0861. The van der Waals surface area contributed by atoms with Crippen LogP contribution in [0.2, 0.25) is 0 Å². The Morgan fingerprint density at radius 3 is 2.69 bits per heavy atom. The summed E-state index contributed by atoms with van der Waals surface area (Å²) in [4.78, 5) is 38.6. The number of aryl methyl sites for hydroxylation is 1. The Labute approximate surface area is 168 Å². The Bertz CT molecular complexity index is 988. The molecule has 2 aromatic rings. The zero-order chi connectivity index (χ0) is 20.5. The van der Waals surface area contributed by atoms with Crippen LogP contribution in [-0.4, -0.2) is 30.8 Å². The number of carbonyl (C=O) groups excluding carboxylic acids is 3. The van der Waals surface area contributed by atoms with Crippen LogP contribution >= 0.6 is 0 Å². The number of rotatable bonds is 4. The first kappa shape index (κ1) is 19.1. The second kappa shape index (κ2) is 7.66. The molecule has 3 amide bonds. The summed E-state index contributed by atoms with van der Waals surface area (Å²) in [5, 5.41) is 5.22. The number of carbonyl (C=O) groups is 3. The van der Waals surface area contributed by atoms with E-state index in [1.165, 1.54) is 12.1 Å². The standard InChI is InChI=1S/C22H22FN3O3/c1-13-18-12-17(11-15-3-2-10-26(19(15)18)22(13)29)25-21(28)20(27)24-9-8-14-4-6-16(23)7-5-14/h4-7,11-13H,2-3,8-10H2,1H3,(H,24,27)(H,25,28)/t13-/m0/s1. The van der Waals surface area contributed by atoms with Crippen molar-refractivity contribution in [2.75, 3.05) is 23.3 Å². The fraction of sp³-hybridized carbons (Fsp3) is 0.318. The van der Waals surface area contributed by atoms with E-state index in [9.17, 15) is 18.8 Å². The van der Waals surface area contributed by atoms with E-state index in [1.807, 2.05) is 17.9 Å². The molecule has 150 valence electrons. The smallest absolute Gasteiger partial charge is 0.313 e. The van der Waals surface area contributed by atoms with Crippen LogP contribution < -0.4 is 15.5 Å². The lowest BCUT2D eigenvalue weighted by molar-refractivity contribution is -0.136. The third-order valence-electron chi connectivity index (χ3n) is 5.50. The quantitative estimate of drug-likeness (QED) is 0.781. The Balaban J connectivity index is 1.39. The largest absolute Gasteiger partial charge is 0.347 e. The zero-order valence-electron chi connectivity index (χ0n) is 16.1. The number of benzene rings is 2. The molecule has 29 heavy (non-hydrogen) atoms. The highest BCUT2D eigenvalue weighted by atomic mass is 19.1. The summed E-state index contributed by atoms with van der Waals surface area (Å²) in [6, 6.07) is 9.64. The van der Waals surface area contributed by atoms with Gasteiger partial charge in [0.2, 0.25) is 5.91 Å². The van der Waals surface area contributed by atoms with Crippen molar-refractivity contribution in [2.45, 2.75) is 32.1 Å². The second-order valence-corrected chi connectivity index (χ2v) is 7.47. The van der Waals surface area contributed by atoms with E-state index in [-0.39, 0.29) is 24.2 Å². The van der Waals surface area contributed by atoms with Gasteiger partial charge in [-0.15, -0.1) is 0 Å². The van der Waals surface area contributed by atoms with Crippen molar-refractivity contribution in [3.05, 3.63) is 58.9 Å². The predicted octanol–water partition coefficient (Wildman–Crippen LogP) is 2.52. The van der Waals surface area contributed by atoms with Gasteiger partial charge in [0, 0.05) is 18.8 Å². The number of nitrogens with zero attached hydrogens (tertiary/aromatic N) is 1. The summed E-state index contributed by atoms with van der Waals surface area (Å²) < 4.78 is 12.9. The van der Waals surface area contributed by atoms with Gasteiger partial charge in [0.15, 0.2) is 0 Å². The van der Waals surface area contributed by atoms with Gasteiger partial charge in [0.25, 0.3) is 0 Å². The first-order valence-corrected chi connectivity index (χ1v) is 9.76. The van der Waals surface area contributed by atoms with E-state index in [2.05, 4.69) is 10.6 Å². The lowest BCUT2D eigenvalue weighted by Gasteiger charge is -2.26. The Morgan fingerprint density at radius 1 is 1.17 bits per heavy atom. The maximum Gasteiger partial charge on any atom is 0.313 e. The van der Waals surface area contributed by atoms with Gasteiger partial charge in [-0.2, -0.15) is 0 Å². The molecule has 2 aliphatic rings. The van der Waals surface area contributed by atoms with Crippen LogP contribution in [0.1, 0.15) is 36.0 Å². The summed E-state index contributed by atoms with van der Waals surface area (Å²) in [6.07, 6.45) is 2.22. The summed E-state index contributed by atoms with van der Waals surface area (Å²) in [6.45, 7) is 2.86. The molecule has 0 unspecified atom stereocenters. The molecule has 6 nitrogen and oxygen atoms in total. The molecule has 1 atom stereocenters. The predicted molar refractivity (Wildman–Crippen MR) is 107 cm³/mol. The van der Waals surface area contributed by atoms with Crippen LogP contribution in [0.25, 0.3) is 0 Å². The third-order valence-corrected chi connectivity index (χ3v) is 5.50. The molecule has 0 saturated carbocycles. The SMILES string of the molecule is C[C@@H]1C(=O)N2CCCc3cc(NC(=O)C(=O)NCCc4ccc(F)cc4)cc1c32. The van der Waals surface area contributed by atoms with Gasteiger partial charge in [0.05, 0.1) is 11.6 Å². The van der Waals surface area contributed by atoms with Crippen molar-refractivity contribution < 1.29 is 18.8 Å². The molecule has 2 aliphatic heterocycles. The van der Waals surface area contributed by atoms with Crippen LogP contribution in [0.5, 0.6) is 0 Å². The number of hydrogen-bond donors (Lipinski definition) is 2. The number of nitrogens with one attached hydrogen (secondary N) is 2. The molecular weight excluding hydrogens is 373 g/mol. The first-order valence-electron chi connectivity index (χ1n) is 9.76. The van der Waals surface area contributed by atoms with Crippen molar-refractivity contribution >= 4 is 29.1 Å². The minimum atomic E-state index is -0.749. The average Bonchev–Trinajstić information content (AvgIpc) is 2.96. The van der Waals surface area contributed by atoms with Gasteiger partial charge in [-0.1, -0.05) is 12.1 Å². The topological polar surface area (TPSA) is 78.5 Å². The van der Waals surface area contributed by atoms with Crippen molar-refractivity contribution in [1.29, 1.82) is 0 Å². The Kier molecular flexibility index (Phi) is 5.05. The van der Waals surface area contributed by atoms with Gasteiger partial charge < -0.3 is 15.5 Å². The molecule has 0 spiro atoms. The van der Waals surface area contributed by atoms with Crippen LogP contribution in [0, 0.1) is 5.82 Å². The van der Waals surface area contributed by atoms with E-state index in [1.54, 1.807) is 18.2 Å². The van der Waals surface area contributed by atoms with E-state index in [0.717, 1.165) is 41.8 Å².